The van der Waals surface area contributed by atoms with E-state index in [1.165, 1.54) is 5.56 Å². The lowest BCUT2D eigenvalue weighted by atomic mass is 9.85. The predicted octanol–water partition coefficient (Wildman–Crippen LogP) is 5.23. The fourth-order valence-corrected chi connectivity index (χ4v) is 2.45. The molecule has 0 aliphatic rings. The first-order valence-electron chi connectivity index (χ1n) is 7.00. The molecule has 112 valence electrons. The highest BCUT2D eigenvalue weighted by molar-refractivity contribution is 6.32. The molecule has 0 bridgehead atoms. The highest BCUT2D eigenvalue weighted by atomic mass is 35.5. The second kappa shape index (κ2) is 6.08. The highest BCUT2D eigenvalue weighted by Gasteiger charge is 2.20. The van der Waals surface area contributed by atoms with Crippen LogP contribution in [0.1, 0.15) is 37.5 Å². The third-order valence-electron chi connectivity index (χ3n) is 3.37. The summed E-state index contributed by atoms with van der Waals surface area (Å²) >= 11 is 6.22. The molecule has 0 heterocycles. The molecular weight excluding hydrogens is 284 g/mol. The van der Waals surface area contributed by atoms with Crippen LogP contribution in [-0.4, -0.2) is 5.11 Å². The van der Waals surface area contributed by atoms with Crippen LogP contribution in [0.4, 0.5) is 0 Å². The van der Waals surface area contributed by atoms with E-state index in [1.807, 2.05) is 18.2 Å². The standard InChI is InChI=1S/C18H21ClO2/c1-12-8-9-16(14(10-12)18(2,3)4)21-17-13(11-20)6-5-7-15(17)19/h5-10,20H,11H2,1-4H3. The lowest BCUT2D eigenvalue weighted by Gasteiger charge is -2.24. The Bertz CT molecular complexity index is 642. The maximum absolute atomic E-state index is 9.46. The van der Waals surface area contributed by atoms with Crippen LogP contribution < -0.4 is 4.74 Å². The van der Waals surface area contributed by atoms with E-state index in [4.69, 9.17) is 16.3 Å². The molecule has 1 N–H and O–H groups in total. The number of aliphatic hydroxyl groups excluding tert-OH is 1. The van der Waals surface area contributed by atoms with Gasteiger partial charge in [0.05, 0.1) is 11.6 Å². The molecule has 2 nitrogen and oxygen atoms in total. The van der Waals surface area contributed by atoms with Gasteiger partial charge in [-0.2, -0.15) is 0 Å². The van der Waals surface area contributed by atoms with Gasteiger partial charge in [0.1, 0.15) is 5.75 Å². The van der Waals surface area contributed by atoms with Crippen LogP contribution in [-0.2, 0) is 12.0 Å². The van der Waals surface area contributed by atoms with Gasteiger partial charge < -0.3 is 9.84 Å². The van der Waals surface area contributed by atoms with E-state index in [2.05, 4.69) is 33.8 Å². The Morgan fingerprint density at radius 2 is 1.86 bits per heavy atom. The number of benzene rings is 2. The SMILES string of the molecule is Cc1ccc(Oc2c(Cl)cccc2CO)c(C(C)(C)C)c1. The number of aliphatic hydroxyl groups is 1. The molecule has 2 aromatic rings. The largest absolute Gasteiger partial charge is 0.455 e. The molecule has 0 fully saturated rings. The molecule has 0 aromatic heterocycles. The van der Waals surface area contributed by atoms with Crippen molar-refractivity contribution < 1.29 is 9.84 Å². The number of hydrogen-bond donors (Lipinski definition) is 1. The predicted molar refractivity (Wildman–Crippen MR) is 87.3 cm³/mol. The van der Waals surface area contributed by atoms with Gasteiger partial charge in [-0.15, -0.1) is 0 Å². The zero-order valence-corrected chi connectivity index (χ0v) is 13.7. The second-order valence-electron chi connectivity index (χ2n) is 6.24. The minimum Gasteiger partial charge on any atom is -0.455 e. The Morgan fingerprint density at radius 3 is 2.48 bits per heavy atom. The summed E-state index contributed by atoms with van der Waals surface area (Å²) in [6, 6.07) is 11.5. The molecule has 0 saturated heterocycles. The molecule has 0 atom stereocenters. The summed E-state index contributed by atoms with van der Waals surface area (Å²) in [6.07, 6.45) is 0. The number of ether oxygens (including phenoxy) is 1. The lowest BCUT2D eigenvalue weighted by Crippen LogP contribution is -2.13. The molecule has 2 aromatic carbocycles. The van der Waals surface area contributed by atoms with Crippen LogP contribution >= 0.6 is 11.6 Å². The Hall–Kier alpha value is -1.51. The summed E-state index contributed by atoms with van der Waals surface area (Å²) in [7, 11) is 0. The smallest absolute Gasteiger partial charge is 0.151 e. The zero-order valence-electron chi connectivity index (χ0n) is 12.9. The number of hydrogen-bond acceptors (Lipinski definition) is 2. The summed E-state index contributed by atoms with van der Waals surface area (Å²) < 4.78 is 6.05. The highest BCUT2D eigenvalue weighted by Crippen LogP contribution is 2.38. The molecule has 0 amide bonds. The Balaban J connectivity index is 2.50. The third-order valence-corrected chi connectivity index (χ3v) is 3.67. The van der Waals surface area contributed by atoms with Gasteiger partial charge >= 0.3 is 0 Å². The van der Waals surface area contributed by atoms with Crippen LogP contribution in [0, 0.1) is 6.92 Å². The van der Waals surface area contributed by atoms with Crippen LogP contribution in [0.2, 0.25) is 5.02 Å². The number of rotatable bonds is 3. The van der Waals surface area contributed by atoms with Gasteiger partial charge in [-0.1, -0.05) is 62.2 Å². The zero-order chi connectivity index (χ0) is 15.6. The fraction of sp³-hybridized carbons (Fsp3) is 0.333. The van der Waals surface area contributed by atoms with E-state index < -0.39 is 0 Å². The quantitative estimate of drug-likeness (QED) is 0.841. The maximum atomic E-state index is 9.46. The van der Waals surface area contributed by atoms with Crippen molar-refractivity contribution in [1.29, 1.82) is 0 Å². The normalized spacial score (nSPS) is 11.5. The average Bonchev–Trinajstić information content (AvgIpc) is 2.41. The van der Waals surface area contributed by atoms with Crippen molar-refractivity contribution in [2.45, 2.75) is 39.7 Å². The van der Waals surface area contributed by atoms with E-state index in [1.54, 1.807) is 12.1 Å². The Kier molecular flexibility index (Phi) is 4.60. The topological polar surface area (TPSA) is 29.5 Å². The van der Waals surface area contributed by atoms with Gasteiger partial charge in [0.2, 0.25) is 0 Å². The van der Waals surface area contributed by atoms with E-state index >= 15 is 0 Å². The molecule has 0 spiro atoms. The molecule has 0 unspecified atom stereocenters. The van der Waals surface area contributed by atoms with Gasteiger partial charge in [-0.3, -0.25) is 0 Å². The van der Waals surface area contributed by atoms with E-state index in [0.29, 0.717) is 16.3 Å². The van der Waals surface area contributed by atoms with Gasteiger partial charge in [0.15, 0.2) is 5.75 Å². The summed E-state index contributed by atoms with van der Waals surface area (Å²) in [4.78, 5) is 0. The second-order valence-corrected chi connectivity index (χ2v) is 6.65. The van der Waals surface area contributed by atoms with Gasteiger partial charge in [0, 0.05) is 11.1 Å². The summed E-state index contributed by atoms with van der Waals surface area (Å²) in [5.41, 5.74) is 2.95. The maximum Gasteiger partial charge on any atom is 0.151 e. The third kappa shape index (κ3) is 3.58. The van der Waals surface area contributed by atoms with Crippen LogP contribution in [0.3, 0.4) is 0 Å². The van der Waals surface area contributed by atoms with E-state index in [-0.39, 0.29) is 12.0 Å². The Morgan fingerprint density at radius 1 is 1.14 bits per heavy atom. The van der Waals surface area contributed by atoms with Crippen molar-refractivity contribution in [3.63, 3.8) is 0 Å². The van der Waals surface area contributed by atoms with Crippen LogP contribution in [0.5, 0.6) is 11.5 Å². The van der Waals surface area contributed by atoms with E-state index in [9.17, 15) is 5.11 Å². The van der Waals surface area contributed by atoms with Crippen molar-refractivity contribution in [2.24, 2.45) is 0 Å². The Labute approximate surface area is 131 Å². The van der Waals surface area contributed by atoms with Crippen molar-refractivity contribution in [3.8, 4) is 11.5 Å². The molecule has 21 heavy (non-hydrogen) atoms. The van der Waals surface area contributed by atoms with Gasteiger partial charge in [-0.25, -0.2) is 0 Å². The molecule has 2 rings (SSSR count). The molecule has 0 aliphatic carbocycles. The number of aryl methyl sites for hydroxylation is 1. The van der Waals surface area contributed by atoms with Crippen LogP contribution in [0.25, 0.3) is 0 Å². The molecular formula is C18H21ClO2. The number of para-hydroxylation sites is 1. The summed E-state index contributed by atoms with van der Waals surface area (Å²) in [5.74, 6) is 1.30. The first kappa shape index (κ1) is 15.9. The molecule has 0 radical (unpaired) electrons. The minimum atomic E-state index is -0.105. The first-order chi connectivity index (χ1) is 9.82. The lowest BCUT2D eigenvalue weighted by molar-refractivity contribution is 0.276. The minimum absolute atomic E-state index is 0.0397. The first-order valence-corrected chi connectivity index (χ1v) is 7.38. The van der Waals surface area contributed by atoms with Crippen LogP contribution in [0.15, 0.2) is 36.4 Å². The molecule has 0 saturated carbocycles. The molecule has 3 heteroatoms. The van der Waals surface area contributed by atoms with Crippen molar-refractivity contribution in [2.75, 3.05) is 0 Å². The van der Waals surface area contributed by atoms with E-state index in [0.717, 1.165) is 11.3 Å². The van der Waals surface area contributed by atoms with Crippen molar-refractivity contribution >= 4 is 11.6 Å². The summed E-state index contributed by atoms with van der Waals surface area (Å²) in [5, 5.41) is 9.96. The summed E-state index contributed by atoms with van der Waals surface area (Å²) in [6.45, 7) is 8.40. The monoisotopic (exact) mass is 304 g/mol. The fourth-order valence-electron chi connectivity index (χ4n) is 2.22. The van der Waals surface area contributed by atoms with Gasteiger partial charge in [0.25, 0.3) is 0 Å². The van der Waals surface area contributed by atoms with Crippen molar-refractivity contribution in [1.82, 2.24) is 0 Å². The molecule has 0 aliphatic heterocycles. The number of halogens is 1. The van der Waals surface area contributed by atoms with Crippen molar-refractivity contribution in [3.05, 3.63) is 58.1 Å². The average molecular weight is 305 g/mol. The van der Waals surface area contributed by atoms with Gasteiger partial charge in [-0.05, 0) is 24.5 Å².